The lowest BCUT2D eigenvalue weighted by atomic mass is 9.98. The van der Waals surface area contributed by atoms with Gasteiger partial charge in [-0.1, -0.05) is 0 Å². The predicted octanol–water partition coefficient (Wildman–Crippen LogP) is 2.05. The van der Waals surface area contributed by atoms with Crippen molar-refractivity contribution in [1.82, 2.24) is 10.6 Å². The summed E-state index contributed by atoms with van der Waals surface area (Å²) in [4.78, 5) is 12.4. The lowest BCUT2D eigenvalue weighted by Gasteiger charge is -2.22. The molecule has 2 heterocycles. The number of anilines is 1. The number of furan rings is 1. The Morgan fingerprint density at radius 3 is 3.00 bits per heavy atom. The van der Waals surface area contributed by atoms with E-state index in [-0.39, 0.29) is 5.91 Å². The molecular weight excluding hydrogens is 266 g/mol. The number of hydrogen-bond donors (Lipinski definition) is 3. The number of carbonyl (C=O) groups is 1. The molecule has 0 spiro atoms. The summed E-state index contributed by atoms with van der Waals surface area (Å²) < 4.78 is 5.45. The molecule has 0 saturated carbocycles. The van der Waals surface area contributed by atoms with Crippen molar-refractivity contribution >= 4 is 22.6 Å². The van der Waals surface area contributed by atoms with Gasteiger partial charge in [-0.25, -0.2) is 0 Å². The maximum absolute atomic E-state index is 12.4. The highest BCUT2D eigenvalue weighted by molar-refractivity contribution is 6.08. The third-order valence-electron chi connectivity index (χ3n) is 4.24. The standard InChI is InChI=1S/C16H21N3O2/c1-10-8-13(15-12(14(10)17)4-7-21-15)16(20)19-9-11-2-5-18-6-3-11/h4,7-8,11,18H,2-3,5-6,9,17H2,1H3,(H,19,20). The van der Waals surface area contributed by atoms with Crippen molar-refractivity contribution in [2.45, 2.75) is 19.8 Å². The number of carbonyl (C=O) groups excluding carboxylic acids is 1. The van der Waals surface area contributed by atoms with Gasteiger partial charge in [0.2, 0.25) is 0 Å². The van der Waals surface area contributed by atoms with Crippen molar-refractivity contribution in [3.8, 4) is 0 Å². The highest BCUT2D eigenvalue weighted by atomic mass is 16.3. The second-order valence-electron chi connectivity index (χ2n) is 5.72. The Morgan fingerprint density at radius 2 is 2.24 bits per heavy atom. The molecule has 0 bridgehead atoms. The third-order valence-corrected chi connectivity index (χ3v) is 4.24. The highest BCUT2D eigenvalue weighted by Gasteiger charge is 2.18. The first-order valence-corrected chi connectivity index (χ1v) is 7.42. The van der Waals surface area contributed by atoms with Crippen LogP contribution in [0.5, 0.6) is 0 Å². The number of piperidine rings is 1. The fraction of sp³-hybridized carbons (Fsp3) is 0.438. The summed E-state index contributed by atoms with van der Waals surface area (Å²) in [5.74, 6) is 0.466. The number of nitrogen functional groups attached to an aromatic ring is 1. The summed E-state index contributed by atoms with van der Waals surface area (Å²) in [5, 5.41) is 7.16. The average Bonchev–Trinajstić information content (AvgIpc) is 2.99. The summed E-state index contributed by atoms with van der Waals surface area (Å²) in [6.45, 7) is 4.69. The molecule has 3 rings (SSSR count). The van der Waals surface area contributed by atoms with Gasteiger partial charge in [0.05, 0.1) is 11.8 Å². The predicted molar refractivity (Wildman–Crippen MR) is 83.3 cm³/mol. The first-order chi connectivity index (χ1) is 10.2. The van der Waals surface area contributed by atoms with Crippen LogP contribution in [0.1, 0.15) is 28.8 Å². The largest absolute Gasteiger partial charge is 0.463 e. The van der Waals surface area contributed by atoms with Crippen LogP contribution in [0.4, 0.5) is 5.69 Å². The molecule has 1 amide bonds. The number of benzene rings is 1. The maximum atomic E-state index is 12.4. The molecule has 112 valence electrons. The van der Waals surface area contributed by atoms with Gasteiger partial charge in [0.1, 0.15) is 5.58 Å². The van der Waals surface area contributed by atoms with E-state index in [2.05, 4.69) is 10.6 Å². The summed E-state index contributed by atoms with van der Waals surface area (Å²) in [7, 11) is 0. The van der Waals surface area contributed by atoms with Crippen LogP contribution in [0.3, 0.4) is 0 Å². The number of amides is 1. The molecule has 1 saturated heterocycles. The molecule has 5 nitrogen and oxygen atoms in total. The van der Waals surface area contributed by atoms with Crippen LogP contribution in [0.15, 0.2) is 22.8 Å². The molecule has 1 fully saturated rings. The van der Waals surface area contributed by atoms with Crippen molar-refractivity contribution in [3.05, 3.63) is 29.5 Å². The third kappa shape index (κ3) is 2.74. The van der Waals surface area contributed by atoms with E-state index in [1.54, 1.807) is 18.4 Å². The van der Waals surface area contributed by atoms with E-state index in [4.69, 9.17) is 10.2 Å². The number of nitrogens with two attached hydrogens (primary N) is 1. The van der Waals surface area contributed by atoms with E-state index in [1.165, 1.54) is 0 Å². The molecule has 1 aromatic carbocycles. The zero-order valence-electron chi connectivity index (χ0n) is 12.2. The average molecular weight is 287 g/mol. The van der Waals surface area contributed by atoms with Crippen LogP contribution in [-0.4, -0.2) is 25.5 Å². The van der Waals surface area contributed by atoms with Crippen molar-refractivity contribution in [1.29, 1.82) is 0 Å². The molecule has 21 heavy (non-hydrogen) atoms. The van der Waals surface area contributed by atoms with Crippen LogP contribution in [0.25, 0.3) is 11.0 Å². The minimum absolute atomic E-state index is 0.0865. The number of nitrogens with one attached hydrogen (secondary N) is 2. The fourth-order valence-electron chi connectivity index (χ4n) is 2.89. The Morgan fingerprint density at radius 1 is 1.48 bits per heavy atom. The molecule has 5 heteroatoms. The molecular formula is C16H21N3O2. The zero-order valence-corrected chi connectivity index (χ0v) is 12.2. The van der Waals surface area contributed by atoms with Crippen LogP contribution < -0.4 is 16.4 Å². The van der Waals surface area contributed by atoms with Crippen molar-refractivity contribution in [2.75, 3.05) is 25.4 Å². The fourth-order valence-corrected chi connectivity index (χ4v) is 2.89. The van der Waals surface area contributed by atoms with Gasteiger partial charge in [-0.2, -0.15) is 0 Å². The van der Waals surface area contributed by atoms with E-state index in [9.17, 15) is 4.79 Å². The van der Waals surface area contributed by atoms with Gasteiger partial charge < -0.3 is 20.8 Å². The molecule has 0 aliphatic carbocycles. The monoisotopic (exact) mass is 287 g/mol. The Hall–Kier alpha value is -2.01. The first-order valence-electron chi connectivity index (χ1n) is 7.42. The molecule has 1 aliphatic rings. The van der Waals surface area contributed by atoms with Crippen molar-refractivity contribution in [3.63, 3.8) is 0 Å². The normalized spacial score (nSPS) is 16.2. The van der Waals surface area contributed by atoms with Crippen LogP contribution in [-0.2, 0) is 0 Å². The van der Waals surface area contributed by atoms with E-state index >= 15 is 0 Å². The van der Waals surface area contributed by atoms with Gasteiger partial charge in [0.25, 0.3) is 5.91 Å². The molecule has 0 atom stereocenters. The zero-order chi connectivity index (χ0) is 14.8. The summed E-state index contributed by atoms with van der Waals surface area (Å²) in [5.41, 5.74) is 8.73. The Bertz CT molecular complexity index is 657. The van der Waals surface area contributed by atoms with Crippen LogP contribution >= 0.6 is 0 Å². The second kappa shape index (κ2) is 5.77. The lowest BCUT2D eigenvalue weighted by molar-refractivity contribution is 0.0945. The molecule has 1 aromatic heterocycles. The SMILES string of the molecule is Cc1cc(C(=O)NCC2CCNCC2)c2occc2c1N. The van der Waals surface area contributed by atoms with Crippen molar-refractivity contribution < 1.29 is 9.21 Å². The quantitative estimate of drug-likeness (QED) is 0.755. The Balaban J connectivity index is 1.78. The van der Waals surface area contributed by atoms with Gasteiger partial charge in [0, 0.05) is 17.6 Å². The van der Waals surface area contributed by atoms with E-state index in [0.717, 1.165) is 36.9 Å². The Labute approximate surface area is 123 Å². The van der Waals surface area contributed by atoms with E-state index in [0.29, 0.717) is 29.3 Å². The van der Waals surface area contributed by atoms with E-state index < -0.39 is 0 Å². The number of rotatable bonds is 3. The van der Waals surface area contributed by atoms with Gasteiger partial charge in [-0.05, 0) is 56.5 Å². The Kier molecular flexibility index (Phi) is 3.84. The van der Waals surface area contributed by atoms with E-state index in [1.807, 2.05) is 6.92 Å². The molecule has 1 aliphatic heterocycles. The second-order valence-corrected chi connectivity index (χ2v) is 5.72. The summed E-state index contributed by atoms with van der Waals surface area (Å²) in [6, 6.07) is 3.61. The molecule has 2 aromatic rings. The van der Waals surface area contributed by atoms with Gasteiger partial charge in [-0.3, -0.25) is 4.79 Å². The smallest absolute Gasteiger partial charge is 0.255 e. The number of aryl methyl sites for hydroxylation is 1. The molecule has 4 N–H and O–H groups in total. The van der Waals surface area contributed by atoms with Gasteiger partial charge >= 0.3 is 0 Å². The molecule has 0 unspecified atom stereocenters. The number of fused-ring (bicyclic) bond motifs is 1. The maximum Gasteiger partial charge on any atom is 0.255 e. The minimum Gasteiger partial charge on any atom is -0.463 e. The van der Waals surface area contributed by atoms with Gasteiger partial charge in [0.15, 0.2) is 0 Å². The van der Waals surface area contributed by atoms with Gasteiger partial charge in [-0.15, -0.1) is 0 Å². The summed E-state index contributed by atoms with van der Waals surface area (Å²) >= 11 is 0. The number of hydrogen-bond acceptors (Lipinski definition) is 4. The highest BCUT2D eigenvalue weighted by Crippen LogP contribution is 2.29. The molecule has 0 radical (unpaired) electrons. The first kappa shape index (κ1) is 13.9. The summed E-state index contributed by atoms with van der Waals surface area (Å²) in [6.07, 6.45) is 3.79. The lowest BCUT2D eigenvalue weighted by Crippen LogP contribution is -2.36. The van der Waals surface area contributed by atoms with Crippen LogP contribution in [0.2, 0.25) is 0 Å². The van der Waals surface area contributed by atoms with Crippen LogP contribution in [0, 0.1) is 12.8 Å². The van der Waals surface area contributed by atoms with Crippen molar-refractivity contribution in [2.24, 2.45) is 5.92 Å². The topological polar surface area (TPSA) is 80.3 Å². The minimum atomic E-state index is -0.0865.